The number of aryl methyl sites for hydroxylation is 1. The van der Waals surface area contributed by atoms with E-state index in [0.717, 1.165) is 53.1 Å². The summed E-state index contributed by atoms with van der Waals surface area (Å²) in [5.74, 6) is 0.866. The van der Waals surface area contributed by atoms with Gasteiger partial charge in [-0.3, -0.25) is 0 Å². The Morgan fingerprint density at radius 2 is 1.81 bits per heavy atom. The van der Waals surface area contributed by atoms with Crippen LogP contribution in [0.5, 0.6) is 0 Å². The van der Waals surface area contributed by atoms with Crippen LogP contribution in [0.25, 0.3) is 10.9 Å². The third kappa shape index (κ3) is 3.52. The zero-order chi connectivity index (χ0) is 22.4. The Morgan fingerprint density at radius 3 is 2.56 bits per heavy atom. The van der Waals surface area contributed by atoms with E-state index in [1.165, 1.54) is 11.1 Å². The fourth-order valence-corrected chi connectivity index (χ4v) is 4.94. The van der Waals surface area contributed by atoms with Crippen molar-refractivity contribution in [1.29, 1.82) is 5.26 Å². The first-order valence-corrected chi connectivity index (χ1v) is 11.4. The molecule has 0 atom stereocenters. The number of nitrogens with zero attached hydrogens (tertiary/aromatic N) is 4. The van der Waals surface area contributed by atoms with Crippen LogP contribution in [0.15, 0.2) is 48.5 Å². The van der Waals surface area contributed by atoms with Crippen molar-refractivity contribution < 1.29 is 0 Å². The topological polar surface area (TPSA) is 44.9 Å². The Morgan fingerprint density at radius 1 is 1.03 bits per heavy atom. The molecule has 0 fully saturated rings. The number of hydrogen-bond donors (Lipinski definition) is 0. The van der Waals surface area contributed by atoms with Crippen molar-refractivity contribution in [2.45, 2.75) is 33.4 Å². The summed E-state index contributed by atoms with van der Waals surface area (Å²) < 4.78 is 2.29. The first kappa shape index (κ1) is 20.9. The van der Waals surface area contributed by atoms with Gasteiger partial charge < -0.3 is 9.47 Å². The molecule has 0 saturated heterocycles. The fourth-order valence-electron chi connectivity index (χ4n) is 4.61. The van der Waals surface area contributed by atoms with Crippen molar-refractivity contribution in [3.63, 3.8) is 0 Å². The van der Waals surface area contributed by atoms with E-state index in [1.807, 2.05) is 24.3 Å². The zero-order valence-electron chi connectivity index (χ0n) is 18.0. The summed E-state index contributed by atoms with van der Waals surface area (Å²) in [6.45, 7) is 6.53. The number of aromatic nitrogens is 2. The minimum atomic E-state index is 0.446. The lowest BCUT2D eigenvalue weighted by molar-refractivity contribution is 0.717. The largest absolute Gasteiger partial charge is 0.350 e. The standard InChI is InChI=1S/C26H22Cl2N4/c1-16-17(2)32(14-18-7-8-23(27)24(28)11-18)25-22(16)12-21(13-29)30-26(25)31-10-9-19-5-3-4-6-20(19)15-31/h3-8,11-12H,9-10,14-15H2,1-2H3. The van der Waals surface area contributed by atoms with Crippen molar-refractivity contribution in [3.05, 3.63) is 92.2 Å². The molecule has 160 valence electrons. The lowest BCUT2D eigenvalue weighted by Crippen LogP contribution is -2.31. The molecule has 4 aromatic rings. The highest BCUT2D eigenvalue weighted by molar-refractivity contribution is 6.42. The normalized spacial score (nSPS) is 13.3. The molecule has 4 nitrogen and oxygen atoms in total. The predicted molar refractivity (Wildman–Crippen MR) is 131 cm³/mol. The molecular formula is C26H22Cl2N4. The summed E-state index contributed by atoms with van der Waals surface area (Å²) in [5, 5.41) is 11.8. The molecule has 0 bridgehead atoms. The number of pyridine rings is 1. The van der Waals surface area contributed by atoms with Gasteiger partial charge in [0.2, 0.25) is 0 Å². The molecular weight excluding hydrogens is 439 g/mol. The second kappa shape index (κ2) is 8.16. The molecule has 0 N–H and O–H groups in total. The lowest BCUT2D eigenvalue weighted by atomic mass is 10.00. The molecule has 3 heterocycles. The Kier molecular flexibility index (Phi) is 5.33. The Labute approximate surface area is 197 Å². The van der Waals surface area contributed by atoms with Gasteiger partial charge in [0, 0.05) is 30.7 Å². The SMILES string of the molecule is Cc1c(C)n(Cc2ccc(Cl)c(Cl)c2)c2c(N3CCc4ccccc4C3)nc(C#N)cc12. The molecule has 5 rings (SSSR count). The molecule has 1 aliphatic heterocycles. The zero-order valence-corrected chi connectivity index (χ0v) is 19.5. The maximum atomic E-state index is 9.67. The third-order valence-corrected chi connectivity index (χ3v) is 7.20. The van der Waals surface area contributed by atoms with Crippen LogP contribution in [-0.2, 0) is 19.5 Å². The molecule has 1 aliphatic rings. The molecule has 32 heavy (non-hydrogen) atoms. The van der Waals surface area contributed by atoms with E-state index in [-0.39, 0.29) is 0 Å². The molecule has 0 unspecified atom stereocenters. The summed E-state index contributed by atoms with van der Waals surface area (Å²) in [6.07, 6.45) is 0.960. The summed E-state index contributed by atoms with van der Waals surface area (Å²) in [7, 11) is 0. The number of fused-ring (bicyclic) bond motifs is 2. The lowest BCUT2D eigenvalue weighted by Gasteiger charge is -2.30. The highest BCUT2D eigenvalue weighted by Crippen LogP contribution is 2.35. The Balaban J connectivity index is 1.68. The smallest absolute Gasteiger partial charge is 0.155 e. The highest BCUT2D eigenvalue weighted by Gasteiger charge is 2.24. The average Bonchev–Trinajstić information content (AvgIpc) is 3.05. The van der Waals surface area contributed by atoms with Gasteiger partial charge in [-0.25, -0.2) is 4.98 Å². The van der Waals surface area contributed by atoms with Crippen LogP contribution in [0.2, 0.25) is 10.0 Å². The number of hydrogen-bond acceptors (Lipinski definition) is 3. The number of halogens is 2. The molecule has 6 heteroatoms. The molecule has 2 aromatic carbocycles. The number of nitriles is 1. The van der Waals surface area contributed by atoms with Crippen molar-refractivity contribution in [2.24, 2.45) is 0 Å². The second-order valence-corrected chi connectivity index (χ2v) is 9.14. The number of rotatable bonds is 3. The third-order valence-electron chi connectivity index (χ3n) is 6.47. The van der Waals surface area contributed by atoms with Gasteiger partial charge >= 0.3 is 0 Å². The summed E-state index contributed by atoms with van der Waals surface area (Å²) >= 11 is 12.4. The van der Waals surface area contributed by atoms with Crippen LogP contribution in [0, 0.1) is 25.2 Å². The Hall–Kier alpha value is -3.00. The minimum Gasteiger partial charge on any atom is -0.350 e. The van der Waals surface area contributed by atoms with Crippen LogP contribution in [0.3, 0.4) is 0 Å². The quantitative estimate of drug-likeness (QED) is 0.353. The van der Waals surface area contributed by atoms with E-state index in [0.29, 0.717) is 22.3 Å². The van der Waals surface area contributed by atoms with Crippen molar-refractivity contribution in [3.8, 4) is 6.07 Å². The maximum Gasteiger partial charge on any atom is 0.155 e. The van der Waals surface area contributed by atoms with Crippen molar-refractivity contribution in [1.82, 2.24) is 9.55 Å². The van der Waals surface area contributed by atoms with E-state index in [2.05, 4.69) is 53.6 Å². The van der Waals surface area contributed by atoms with Gasteiger partial charge in [0.25, 0.3) is 0 Å². The molecule has 0 spiro atoms. The van der Waals surface area contributed by atoms with E-state index in [4.69, 9.17) is 28.2 Å². The van der Waals surface area contributed by atoms with Gasteiger partial charge in [0.1, 0.15) is 11.8 Å². The van der Waals surface area contributed by atoms with Gasteiger partial charge in [-0.05, 0) is 60.7 Å². The first-order chi connectivity index (χ1) is 15.5. The van der Waals surface area contributed by atoms with Crippen LogP contribution in [-0.4, -0.2) is 16.1 Å². The van der Waals surface area contributed by atoms with Crippen molar-refractivity contribution >= 4 is 39.9 Å². The van der Waals surface area contributed by atoms with Crippen LogP contribution in [0.4, 0.5) is 5.82 Å². The second-order valence-electron chi connectivity index (χ2n) is 8.32. The average molecular weight is 461 g/mol. The molecule has 0 amide bonds. The molecule has 0 radical (unpaired) electrons. The fraction of sp³-hybridized carbons (Fsp3) is 0.231. The van der Waals surface area contributed by atoms with Crippen LogP contribution in [0.1, 0.15) is 33.6 Å². The monoisotopic (exact) mass is 460 g/mol. The summed E-state index contributed by atoms with van der Waals surface area (Å²) in [6, 6.07) is 18.5. The van der Waals surface area contributed by atoms with Gasteiger partial charge in [-0.1, -0.05) is 53.5 Å². The highest BCUT2D eigenvalue weighted by atomic mass is 35.5. The first-order valence-electron chi connectivity index (χ1n) is 10.6. The summed E-state index contributed by atoms with van der Waals surface area (Å²) in [5.41, 5.74) is 7.59. The van der Waals surface area contributed by atoms with Crippen LogP contribution < -0.4 is 4.90 Å². The van der Waals surface area contributed by atoms with E-state index in [1.54, 1.807) is 0 Å². The van der Waals surface area contributed by atoms with Gasteiger partial charge in [0.05, 0.1) is 15.6 Å². The van der Waals surface area contributed by atoms with Gasteiger partial charge in [-0.2, -0.15) is 5.26 Å². The van der Waals surface area contributed by atoms with E-state index >= 15 is 0 Å². The molecule has 2 aromatic heterocycles. The number of benzene rings is 2. The van der Waals surface area contributed by atoms with E-state index in [9.17, 15) is 5.26 Å². The maximum absolute atomic E-state index is 9.67. The van der Waals surface area contributed by atoms with E-state index < -0.39 is 0 Å². The summed E-state index contributed by atoms with van der Waals surface area (Å²) in [4.78, 5) is 7.10. The van der Waals surface area contributed by atoms with Crippen molar-refractivity contribution in [2.75, 3.05) is 11.4 Å². The predicted octanol–water partition coefficient (Wildman–Crippen LogP) is 6.44. The van der Waals surface area contributed by atoms with Gasteiger partial charge in [0.15, 0.2) is 5.82 Å². The van der Waals surface area contributed by atoms with Crippen LogP contribution >= 0.6 is 23.2 Å². The Bertz CT molecular complexity index is 1400. The molecule has 0 saturated carbocycles. The van der Waals surface area contributed by atoms with Gasteiger partial charge in [-0.15, -0.1) is 0 Å². The minimum absolute atomic E-state index is 0.446. The molecule has 0 aliphatic carbocycles. The number of anilines is 1.